The molecule has 0 radical (unpaired) electrons. The second kappa shape index (κ2) is 5.56. The van der Waals surface area contributed by atoms with E-state index in [4.69, 9.17) is 22.1 Å². The summed E-state index contributed by atoms with van der Waals surface area (Å²) in [6.07, 6.45) is 1.41. The van der Waals surface area contributed by atoms with E-state index in [0.717, 1.165) is 0 Å². The highest BCUT2D eigenvalue weighted by atomic mass is 35.5. The third kappa shape index (κ3) is 3.12. The van der Waals surface area contributed by atoms with E-state index in [9.17, 15) is 8.42 Å². The maximum atomic E-state index is 12.2. The Morgan fingerprint density at radius 3 is 2.70 bits per heavy atom. The van der Waals surface area contributed by atoms with Crippen LogP contribution in [0, 0.1) is 0 Å². The van der Waals surface area contributed by atoms with E-state index >= 15 is 0 Å². The largest absolute Gasteiger partial charge is 0.495 e. The molecule has 0 atom stereocenters. The number of halogens is 1. The van der Waals surface area contributed by atoms with Crippen molar-refractivity contribution in [2.24, 2.45) is 0 Å². The summed E-state index contributed by atoms with van der Waals surface area (Å²) in [6, 6.07) is 7.13. The molecule has 0 bridgehead atoms. The summed E-state index contributed by atoms with van der Waals surface area (Å²) in [4.78, 5) is 3.90. The molecule has 0 saturated heterocycles. The normalized spacial score (nSPS) is 11.1. The summed E-state index contributed by atoms with van der Waals surface area (Å²) in [5.74, 6) is 0.417. The number of hydrogen-bond acceptors (Lipinski definition) is 5. The smallest absolute Gasteiger partial charge is 0.263 e. The molecule has 0 saturated carbocycles. The molecule has 0 aliphatic rings. The van der Waals surface area contributed by atoms with Crippen molar-refractivity contribution in [1.29, 1.82) is 0 Å². The maximum absolute atomic E-state index is 12.2. The van der Waals surface area contributed by atoms with Gasteiger partial charge in [0.2, 0.25) is 0 Å². The number of nitrogens with two attached hydrogens (primary N) is 1. The van der Waals surface area contributed by atoms with Crippen LogP contribution in [-0.4, -0.2) is 20.5 Å². The first-order valence-electron chi connectivity index (χ1n) is 5.50. The van der Waals surface area contributed by atoms with Crippen LogP contribution in [0.2, 0.25) is 5.02 Å². The van der Waals surface area contributed by atoms with Crippen molar-refractivity contribution in [2.75, 3.05) is 17.6 Å². The number of rotatable bonds is 4. The molecular formula is C12H12ClN3O3S. The molecule has 1 aromatic carbocycles. The van der Waals surface area contributed by atoms with E-state index in [1.807, 2.05) is 0 Å². The highest BCUT2D eigenvalue weighted by molar-refractivity contribution is 7.92. The quantitative estimate of drug-likeness (QED) is 0.843. The van der Waals surface area contributed by atoms with Crippen molar-refractivity contribution in [1.82, 2.24) is 4.98 Å². The maximum Gasteiger partial charge on any atom is 0.263 e. The van der Waals surface area contributed by atoms with E-state index in [2.05, 4.69) is 9.71 Å². The monoisotopic (exact) mass is 313 g/mol. The van der Waals surface area contributed by atoms with Gasteiger partial charge in [-0.15, -0.1) is 0 Å². The standard InChI is InChI=1S/C12H12ClN3O3S/c1-19-11-7-9(2-3-10(11)14)20(17,18)16-12-6-8(13)4-5-15-12/h2-7H,14H2,1H3,(H,15,16). The molecule has 20 heavy (non-hydrogen) atoms. The Labute approximate surface area is 121 Å². The number of aromatic nitrogens is 1. The van der Waals surface area contributed by atoms with Crippen LogP contribution < -0.4 is 15.2 Å². The van der Waals surface area contributed by atoms with Crippen molar-refractivity contribution in [3.05, 3.63) is 41.6 Å². The van der Waals surface area contributed by atoms with Crippen LogP contribution in [0.25, 0.3) is 0 Å². The van der Waals surface area contributed by atoms with Crippen LogP contribution in [0.4, 0.5) is 11.5 Å². The van der Waals surface area contributed by atoms with Crippen LogP contribution in [0.15, 0.2) is 41.4 Å². The summed E-state index contributed by atoms with van der Waals surface area (Å²) in [6.45, 7) is 0. The number of anilines is 2. The van der Waals surface area contributed by atoms with Gasteiger partial charge in [-0.1, -0.05) is 11.6 Å². The molecule has 6 nitrogen and oxygen atoms in total. The minimum Gasteiger partial charge on any atom is -0.495 e. The first-order chi connectivity index (χ1) is 9.42. The average Bonchev–Trinajstić information content (AvgIpc) is 2.38. The zero-order chi connectivity index (χ0) is 14.8. The second-order valence-electron chi connectivity index (χ2n) is 3.87. The molecule has 0 unspecified atom stereocenters. The number of ether oxygens (including phenoxy) is 1. The van der Waals surface area contributed by atoms with Crippen LogP contribution >= 0.6 is 11.6 Å². The van der Waals surface area contributed by atoms with Gasteiger partial charge in [-0.3, -0.25) is 4.72 Å². The van der Waals surface area contributed by atoms with E-state index in [0.29, 0.717) is 10.7 Å². The Bertz CT molecular complexity index is 734. The summed E-state index contributed by atoms with van der Waals surface area (Å²) in [5.41, 5.74) is 6.00. The predicted octanol–water partition coefficient (Wildman–Crippen LogP) is 2.13. The zero-order valence-electron chi connectivity index (χ0n) is 10.5. The summed E-state index contributed by atoms with van der Waals surface area (Å²) in [5, 5.41) is 0.382. The van der Waals surface area contributed by atoms with Gasteiger partial charge < -0.3 is 10.5 Å². The zero-order valence-corrected chi connectivity index (χ0v) is 12.1. The van der Waals surface area contributed by atoms with Gasteiger partial charge in [0.1, 0.15) is 11.6 Å². The lowest BCUT2D eigenvalue weighted by Crippen LogP contribution is -2.14. The van der Waals surface area contributed by atoms with Crippen molar-refractivity contribution >= 4 is 33.1 Å². The molecule has 0 fully saturated rings. The average molecular weight is 314 g/mol. The van der Waals surface area contributed by atoms with Crippen LogP contribution in [-0.2, 0) is 10.0 Å². The Morgan fingerprint density at radius 2 is 2.05 bits per heavy atom. The first kappa shape index (κ1) is 14.4. The molecule has 2 aromatic rings. The van der Waals surface area contributed by atoms with E-state index in [1.54, 1.807) is 6.07 Å². The number of nitrogens with one attached hydrogen (secondary N) is 1. The SMILES string of the molecule is COc1cc(S(=O)(=O)Nc2cc(Cl)ccn2)ccc1N. The highest BCUT2D eigenvalue weighted by Crippen LogP contribution is 2.26. The molecule has 2 rings (SSSR count). The molecule has 8 heteroatoms. The number of hydrogen-bond donors (Lipinski definition) is 2. The van der Waals surface area contributed by atoms with Gasteiger partial charge in [-0.05, 0) is 18.2 Å². The van der Waals surface area contributed by atoms with E-state index in [1.165, 1.54) is 37.6 Å². The minimum atomic E-state index is -3.79. The number of pyridine rings is 1. The lowest BCUT2D eigenvalue weighted by atomic mass is 10.3. The molecular weight excluding hydrogens is 302 g/mol. The van der Waals surface area contributed by atoms with Crippen LogP contribution in [0.3, 0.4) is 0 Å². The van der Waals surface area contributed by atoms with Crippen LogP contribution in [0.1, 0.15) is 0 Å². The Kier molecular flexibility index (Phi) is 4.01. The van der Waals surface area contributed by atoms with Gasteiger partial charge in [0.15, 0.2) is 0 Å². The fraction of sp³-hybridized carbons (Fsp3) is 0.0833. The number of nitrogens with zero attached hydrogens (tertiary/aromatic N) is 1. The van der Waals surface area contributed by atoms with Gasteiger partial charge in [0.25, 0.3) is 10.0 Å². The third-order valence-electron chi connectivity index (χ3n) is 2.48. The Balaban J connectivity index is 2.35. The predicted molar refractivity (Wildman–Crippen MR) is 77.5 cm³/mol. The van der Waals surface area contributed by atoms with Gasteiger partial charge in [0.05, 0.1) is 17.7 Å². The van der Waals surface area contributed by atoms with Crippen molar-refractivity contribution in [2.45, 2.75) is 4.90 Å². The number of methoxy groups -OCH3 is 1. The molecule has 106 valence electrons. The molecule has 1 heterocycles. The van der Waals surface area contributed by atoms with Crippen molar-refractivity contribution < 1.29 is 13.2 Å². The van der Waals surface area contributed by atoms with Gasteiger partial charge in [-0.2, -0.15) is 0 Å². The summed E-state index contributed by atoms with van der Waals surface area (Å²) < 4.78 is 31.7. The van der Waals surface area contributed by atoms with Crippen LogP contribution in [0.5, 0.6) is 5.75 Å². The summed E-state index contributed by atoms with van der Waals surface area (Å²) >= 11 is 5.78. The van der Waals surface area contributed by atoms with Gasteiger partial charge >= 0.3 is 0 Å². The van der Waals surface area contributed by atoms with E-state index in [-0.39, 0.29) is 16.5 Å². The molecule has 0 aliphatic carbocycles. The number of benzene rings is 1. The number of sulfonamides is 1. The minimum absolute atomic E-state index is 0.0188. The topological polar surface area (TPSA) is 94.3 Å². The molecule has 0 spiro atoms. The lowest BCUT2D eigenvalue weighted by molar-refractivity contribution is 0.415. The fourth-order valence-corrected chi connectivity index (χ4v) is 2.69. The lowest BCUT2D eigenvalue weighted by Gasteiger charge is -2.10. The molecule has 0 amide bonds. The number of nitrogen functional groups attached to an aromatic ring is 1. The van der Waals surface area contributed by atoms with Crippen molar-refractivity contribution in [3.63, 3.8) is 0 Å². The van der Waals surface area contributed by atoms with Gasteiger partial charge in [0, 0.05) is 23.4 Å². The third-order valence-corrected chi connectivity index (χ3v) is 4.06. The Morgan fingerprint density at radius 1 is 1.30 bits per heavy atom. The molecule has 1 aromatic heterocycles. The first-order valence-corrected chi connectivity index (χ1v) is 7.36. The molecule has 3 N–H and O–H groups in total. The van der Waals surface area contributed by atoms with Gasteiger partial charge in [-0.25, -0.2) is 13.4 Å². The Hall–Kier alpha value is -1.99. The highest BCUT2D eigenvalue weighted by Gasteiger charge is 2.16. The summed E-state index contributed by atoms with van der Waals surface area (Å²) in [7, 11) is -2.38. The van der Waals surface area contributed by atoms with E-state index < -0.39 is 10.0 Å². The molecule has 0 aliphatic heterocycles. The fourth-order valence-electron chi connectivity index (χ4n) is 1.52. The van der Waals surface area contributed by atoms with Crippen molar-refractivity contribution in [3.8, 4) is 5.75 Å². The second-order valence-corrected chi connectivity index (χ2v) is 5.99.